The number of hydrogen-bond donors (Lipinski definition) is 0. The average Bonchev–Trinajstić information content (AvgIpc) is 2.93. The van der Waals surface area contributed by atoms with Crippen LogP contribution < -0.4 is 0 Å². The van der Waals surface area contributed by atoms with Crippen molar-refractivity contribution in [3.63, 3.8) is 0 Å². The molecule has 7 nitrogen and oxygen atoms in total. The molecule has 0 radical (unpaired) electrons. The number of ether oxygens (including phenoxy) is 1. The number of esters is 1. The van der Waals surface area contributed by atoms with Crippen LogP contribution in [0, 0.1) is 0 Å². The average molecular weight is 371 g/mol. The van der Waals surface area contributed by atoms with Crippen LogP contribution in [0.3, 0.4) is 0 Å². The number of thiazole rings is 1. The van der Waals surface area contributed by atoms with E-state index < -0.39 is 11.8 Å². The molecule has 1 aromatic rings. The summed E-state index contributed by atoms with van der Waals surface area (Å²) in [5.41, 5.74) is -0.0422. The zero-order valence-corrected chi connectivity index (χ0v) is 16.3. The molecule has 0 fully saturated rings. The number of hydrogen-bond acceptors (Lipinski definition) is 8. The number of nitrogens with zero attached hydrogens (tertiary/aromatic N) is 4. The number of thioether (sulfide) groups is 1. The Bertz CT molecular complexity index is 651. The number of ketones is 1. The maximum Gasteiger partial charge on any atom is 0.343 e. The van der Waals surface area contributed by atoms with E-state index in [1.165, 1.54) is 29.3 Å². The summed E-state index contributed by atoms with van der Waals surface area (Å²) in [6.07, 6.45) is 4.89. The highest BCUT2D eigenvalue weighted by molar-refractivity contribution is 8.00. The molecular formula is C15H22N4O3S2. The van der Waals surface area contributed by atoms with Crippen LogP contribution in [0.15, 0.2) is 21.1 Å². The van der Waals surface area contributed by atoms with Crippen molar-refractivity contribution in [1.29, 1.82) is 0 Å². The third kappa shape index (κ3) is 5.64. The molecule has 0 saturated carbocycles. The molecule has 0 bridgehead atoms. The Labute approximate surface area is 150 Å². The summed E-state index contributed by atoms with van der Waals surface area (Å²) < 4.78 is 5.70. The van der Waals surface area contributed by atoms with Gasteiger partial charge in [-0.25, -0.2) is 14.8 Å². The van der Waals surface area contributed by atoms with Gasteiger partial charge in [0.1, 0.15) is 10.5 Å². The smallest absolute Gasteiger partial charge is 0.343 e. The van der Waals surface area contributed by atoms with E-state index in [1.54, 1.807) is 37.2 Å². The molecule has 0 aliphatic carbocycles. The van der Waals surface area contributed by atoms with Crippen molar-refractivity contribution in [3.8, 4) is 0 Å². The molecular weight excluding hydrogens is 348 g/mol. The number of aromatic nitrogens is 1. The number of rotatable bonds is 8. The van der Waals surface area contributed by atoms with E-state index in [0.29, 0.717) is 15.0 Å². The lowest BCUT2D eigenvalue weighted by molar-refractivity contribution is -0.138. The molecule has 1 aromatic heterocycles. The molecule has 1 heterocycles. The first-order valence-electron chi connectivity index (χ1n) is 7.15. The van der Waals surface area contributed by atoms with Crippen LogP contribution in [0.1, 0.15) is 16.6 Å². The Kier molecular flexibility index (Phi) is 7.93. The number of aliphatic imine (C=N–C) groups is 1. The summed E-state index contributed by atoms with van der Waals surface area (Å²) in [4.78, 5) is 37.3. The van der Waals surface area contributed by atoms with Gasteiger partial charge in [0.2, 0.25) is 5.78 Å². The third-order valence-corrected chi connectivity index (χ3v) is 4.54. The molecule has 9 heteroatoms. The van der Waals surface area contributed by atoms with Gasteiger partial charge in [-0.3, -0.25) is 4.79 Å². The summed E-state index contributed by atoms with van der Waals surface area (Å²) in [5.74, 6) is -0.791. The second-order valence-corrected chi connectivity index (χ2v) is 7.15. The molecule has 24 heavy (non-hydrogen) atoms. The summed E-state index contributed by atoms with van der Waals surface area (Å²) >= 11 is 2.63. The Morgan fingerprint density at radius 1 is 1.29 bits per heavy atom. The molecule has 1 rings (SSSR count). The minimum absolute atomic E-state index is 0.0422. The van der Waals surface area contributed by atoms with Crippen LogP contribution in [-0.4, -0.2) is 73.9 Å². The first-order valence-corrected chi connectivity index (χ1v) is 9.19. The Hall–Kier alpha value is -1.87. The maximum absolute atomic E-state index is 12.9. The second-order valence-electron chi connectivity index (χ2n) is 5.10. The minimum Gasteiger partial charge on any atom is -0.462 e. The van der Waals surface area contributed by atoms with E-state index in [2.05, 4.69) is 9.98 Å². The van der Waals surface area contributed by atoms with E-state index in [-0.39, 0.29) is 12.2 Å². The lowest BCUT2D eigenvalue weighted by Crippen LogP contribution is -2.19. The highest BCUT2D eigenvalue weighted by Gasteiger charge is 2.27. The summed E-state index contributed by atoms with van der Waals surface area (Å²) in [6.45, 7) is 1.89. The quantitative estimate of drug-likeness (QED) is 0.102. The molecule has 132 valence electrons. The van der Waals surface area contributed by atoms with Gasteiger partial charge in [0.25, 0.3) is 0 Å². The van der Waals surface area contributed by atoms with Crippen LogP contribution in [0.2, 0.25) is 0 Å². The van der Waals surface area contributed by atoms with Crippen LogP contribution in [-0.2, 0) is 9.53 Å². The van der Waals surface area contributed by atoms with E-state index in [9.17, 15) is 9.59 Å². The molecule has 0 aliphatic rings. The van der Waals surface area contributed by atoms with Crippen molar-refractivity contribution in [2.75, 3.05) is 41.1 Å². The lowest BCUT2D eigenvalue weighted by Gasteiger charge is -2.10. The number of carbonyl (C=O) groups is 2. The molecule has 0 N–H and O–H groups in total. The van der Waals surface area contributed by atoms with Gasteiger partial charge in [-0.2, -0.15) is 0 Å². The fourth-order valence-corrected chi connectivity index (χ4v) is 3.04. The zero-order chi connectivity index (χ0) is 18.3. The fraction of sp³-hybridized carbons (Fsp3) is 0.467. The Morgan fingerprint density at radius 2 is 1.96 bits per heavy atom. The molecule has 0 atom stereocenters. The minimum atomic E-state index is -0.655. The fourth-order valence-electron chi connectivity index (χ4n) is 1.58. The van der Waals surface area contributed by atoms with Gasteiger partial charge in [0.15, 0.2) is 10.2 Å². The summed E-state index contributed by atoms with van der Waals surface area (Å²) in [6, 6.07) is 0. The van der Waals surface area contributed by atoms with Gasteiger partial charge in [-0.05, 0) is 13.2 Å². The molecule has 0 saturated heterocycles. The monoisotopic (exact) mass is 370 g/mol. The first kappa shape index (κ1) is 20.2. The standard InChI is InChI=1S/C15H22N4O3S2/c1-7-22-14(21)10(8-18(2)3)11(20)12-13(16-9-19(4)5)17-15(23-6)24-12/h8-9H,7H2,1-6H3/b10-8-,16-9?. The van der Waals surface area contributed by atoms with Gasteiger partial charge in [0.05, 0.1) is 12.9 Å². The van der Waals surface area contributed by atoms with Crippen LogP contribution >= 0.6 is 23.1 Å². The van der Waals surface area contributed by atoms with E-state index >= 15 is 0 Å². The van der Waals surface area contributed by atoms with Gasteiger partial charge in [-0.15, -0.1) is 11.3 Å². The van der Waals surface area contributed by atoms with Crippen molar-refractivity contribution in [2.24, 2.45) is 4.99 Å². The lowest BCUT2D eigenvalue weighted by atomic mass is 10.1. The predicted molar refractivity (Wildman–Crippen MR) is 98.5 cm³/mol. The maximum atomic E-state index is 12.9. The molecule has 0 aliphatic heterocycles. The summed E-state index contributed by atoms with van der Waals surface area (Å²) in [5, 5.41) is 0. The summed E-state index contributed by atoms with van der Waals surface area (Å²) in [7, 11) is 7.11. The highest BCUT2D eigenvalue weighted by atomic mass is 32.2. The van der Waals surface area contributed by atoms with Gasteiger partial charge in [0, 0.05) is 34.4 Å². The second kappa shape index (κ2) is 9.43. The zero-order valence-electron chi connectivity index (χ0n) is 14.7. The highest BCUT2D eigenvalue weighted by Crippen LogP contribution is 2.33. The van der Waals surface area contributed by atoms with Crippen molar-refractivity contribution < 1.29 is 14.3 Å². The molecule has 0 aromatic carbocycles. The van der Waals surface area contributed by atoms with Crippen LogP contribution in [0.4, 0.5) is 5.82 Å². The van der Waals surface area contributed by atoms with Crippen molar-refractivity contribution in [3.05, 3.63) is 16.7 Å². The first-order chi connectivity index (χ1) is 11.3. The van der Waals surface area contributed by atoms with E-state index in [0.717, 1.165) is 0 Å². The van der Waals surface area contributed by atoms with Gasteiger partial charge < -0.3 is 14.5 Å². The van der Waals surface area contributed by atoms with Crippen LogP contribution in [0.25, 0.3) is 0 Å². The largest absolute Gasteiger partial charge is 0.462 e. The molecule has 0 amide bonds. The number of Topliss-reactive ketones (excluding diaryl/α,β-unsaturated/α-hetero) is 1. The van der Waals surface area contributed by atoms with Crippen molar-refractivity contribution in [2.45, 2.75) is 11.3 Å². The normalized spacial score (nSPS) is 11.7. The molecule has 0 unspecified atom stereocenters. The Balaban J connectivity index is 3.32. The Morgan fingerprint density at radius 3 is 2.46 bits per heavy atom. The molecule has 0 spiro atoms. The van der Waals surface area contributed by atoms with E-state index in [4.69, 9.17) is 4.74 Å². The number of carbonyl (C=O) groups excluding carboxylic acids is 2. The SMILES string of the molecule is CCOC(=O)/C(=C\N(C)C)C(=O)c1sc(SC)nc1N=CN(C)C. The van der Waals surface area contributed by atoms with Gasteiger partial charge >= 0.3 is 5.97 Å². The topological polar surface area (TPSA) is 75.1 Å². The van der Waals surface area contributed by atoms with Gasteiger partial charge in [-0.1, -0.05) is 11.8 Å². The van der Waals surface area contributed by atoms with Crippen LogP contribution in [0.5, 0.6) is 0 Å². The third-order valence-electron chi connectivity index (χ3n) is 2.51. The van der Waals surface area contributed by atoms with E-state index in [1.807, 2.05) is 20.4 Å². The van der Waals surface area contributed by atoms with Crippen molar-refractivity contribution >= 4 is 47.0 Å². The predicted octanol–water partition coefficient (Wildman–Crippen LogP) is 2.28. The van der Waals surface area contributed by atoms with Crippen molar-refractivity contribution in [1.82, 2.24) is 14.8 Å².